The molecule has 2 N–H and O–H groups in total. The Labute approximate surface area is 129 Å². The van der Waals surface area contributed by atoms with E-state index >= 15 is 0 Å². The normalized spacial score (nSPS) is 22.1. The second-order valence-corrected chi connectivity index (χ2v) is 6.66. The molecule has 7 heteroatoms. The van der Waals surface area contributed by atoms with Crippen LogP contribution in [0.15, 0.2) is 4.52 Å². The van der Waals surface area contributed by atoms with Crippen molar-refractivity contribution < 1.29 is 18.8 Å². The van der Waals surface area contributed by atoms with Gasteiger partial charge in [0.25, 0.3) is 5.91 Å². The van der Waals surface area contributed by atoms with E-state index in [0.717, 1.165) is 0 Å². The van der Waals surface area contributed by atoms with Crippen molar-refractivity contribution in [1.82, 2.24) is 10.1 Å². The zero-order valence-corrected chi connectivity index (χ0v) is 13.7. The van der Waals surface area contributed by atoms with Crippen molar-refractivity contribution in [3.8, 4) is 0 Å². The maximum absolute atomic E-state index is 12.7. The van der Waals surface area contributed by atoms with E-state index in [-0.39, 0.29) is 17.6 Å². The Morgan fingerprint density at radius 2 is 2.00 bits per heavy atom. The van der Waals surface area contributed by atoms with Crippen LogP contribution in [0.1, 0.15) is 49.0 Å². The smallest absolute Gasteiger partial charge is 0.260 e. The maximum Gasteiger partial charge on any atom is 0.260 e. The van der Waals surface area contributed by atoms with Crippen LogP contribution in [-0.2, 0) is 9.53 Å². The number of hydrogen-bond acceptors (Lipinski definition) is 5. The van der Waals surface area contributed by atoms with E-state index in [1.54, 1.807) is 13.8 Å². The molecule has 7 nitrogen and oxygen atoms in total. The molecule has 0 saturated carbocycles. The first kappa shape index (κ1) is 16.5. The molecule has 2 amide bonds. The lowest BCUT2D eigenvalue weighted by Gasteiger charge is -2.25. The largest absolute Gasteiger partial charge is 0.371 e. The third kappa shape index (κ3) is 3.30. The van der Waals surface area contributed by atoms with Gasteiger partial charge >= 0.3 is 0 Å². The number of likely N-dealkylation sites (tertiary alicyclic amines) is 1. The van der Waals surface area contributed by atoms with Gasteiger partial charge in [0, 0.05) is 13.0 Å². The molecule has 1 saturated heterocycles. The first-order valence-electron chi connectivity index (χ1n) is 7.31. The molecule has 2 unspecified atom stereocenters. The summed E-state index contributed by atoms with van der Waals surface area (Å²) in [5.41, 5.74) is 6.00. The third-order valence-electron chi connectivity index (χ3n) is 3.62. The van der Waals surface area contributed by atoms with Crippen molar-refractivity contribution in [3.05, 3.63) is 17.0 Å². The minimum Gasteiger partial charge on any atom is -0.371 e. The van der Waals surface area contributed by atoms with E-state index in [1.807, 2.05) is 20.8 Å². The first-order chi connectivity index (χ1) is 10.1. The second kappa shape index (κ2) is 5.72. The van der Waals surface area contributed by atoms with E-state index in [1.165, 1.54) is 4.90 Å². The molecule has 1 aliphatic heterocycles. The highest BCUT2D eigenvalue weighted by atomic mass is 16.5. The summed E-state index contributed by atoms with van der Waals surface area (Å²) in [7, 11) is 0. The van der Waals surface area contributed by atoms with Gasteiger partial charge in [0.1, 0.15) is 17.4 Å². The van der Waals surface area contributed by atoms with Gasteiger partial charge in [-0.2, -0.15) is 0 Å². The van der Waals surface area contributed by atoms with Crippen LogP contribution >= 0.6 is 0 Å². The number of carbonyl (C=O) groups excluding carboxylic acids is 2. The average Bonchev–Trinajstić information content (AvgIpc) is 2.91. The highest BCUT2D eigenvalue weighted by Gasteiger charge is 2.42. The predicted octanol–water partition coefficient (Wildman–Crippen LogP) is 1.17. The molecule has 122 valence electrons. The molecule has 22 heavy (non-hydrogen) atoms. The van der Waals surface area contributed by atoms with Gasteiger partial charge < -0.3 is 19.9 Å². The van der Waals surface area contributed by atoms with E-state index in [9.17, 15) is 9.59 Å². The average molecular weight is 309 g/mol. The molecule has 0 bridgehead atoms. The van der Waals surface area contributed by atoms with Crippen LogP contribution in [0.5, 0.6) is 0 Å². The minimum atomic E-state index is -0.673. The maximum atomic E-state index is 12.7. The Kier molecular flexibility index (Phi) is 4.28. The number of hydrogen-bond donors (Lipinski definition) is 1. The molecule has 2 atom stereocenters. The molecule has 1 fully saturated rings. The van der Waals surface area contributed by atoms with Crippen LogP contribution in [0.25, 0.3) is 0 Å². The lowest BCUT2D eigenvalue weighted by atomic mass is 10.1. The van der Waals surface area contributed by atoms with Gasteiger partial charge in [-0.05, 0) is 34.6 Å². The van der Waals surface area contributed by atoms with Crippen LogP contribution in [0.2, 0.25) is 0 Å². The number of aryl methyl sites for hydroxylation is 2. The molecule has 1 aromatic heterocycles. The van der Waals surface area contributed by atoms with Gasteiger partial charge in [-0.3, -0.25) is 9.59 Å². The quantitative estimate of drug-likeness (QED) is 0.903. The first-order valence-corrected chi connectivity index (χ1v) is 7.31. The molecule has 1 aliphatic rings. The second-order valence-electron chi connectivity index (χ2n) is 6.66. The number of carbonyl (C=O) groups is 2. The van der Waals surface area contributed by atoms with Crippen molar-refractivity contribution in [2.24, 2.45) is 5.73 Å². The van der Waals surface area contributed by atoms with E-state index in [2.05, 4.69) is 5.16 Å². The molecule has 1 aromatic rings. The van der Waals surface area contributed by atoms with Crippen molar-refractivity contribution in [2.45, 2.75) is 58.8 Å². The van der Waals surface area contributed by atoms with Crippen molar-refractivity contribution in [1.29, 1.82) is 0 Å². The van der Waals surface area contributed by atoms with Crippen LogP contribution in [0, 0.1) is 13.8 Å². The van der Waals surface area contributed by atoms with E-state index < -0.39 is 11.9 Å². The van der Waals surface area contributed by atoms with Crippen LogP contribution < -0.4 is 5.73 Å². The van der Waals surface area contributed by atoms with E-state index in [0.29, 0.717) is 30.0 Å². The summed E-state index contributed by atoms with van der Waals surface area (Å²) in [6.07, 6.45) is 0.184. The lowest BCUT2D eigenvalue weighted by Crippen LogP contribution is -2.44. The molecule has 2 rings (SSSR count). The zero-order chi connectivity index (χ0) is 16.7. The van der Waals surface area contributed by atoms with E-state index in [4.69, 9.17) is 15.0 Å². The van der Waals surface area contributed by atoms with Gasteiger partial charge in [-0.25, -0.2) is 0 Å². The summed E-state index contributed by atoms with van der Waals surface area (Å²) >= 11 is 0. The highest BCUT2D eigenvalue weighted by molar-refractivity contribution is 5.99. The molecule has 2 heterocycles. The summed E-state index contributed by atoms with van der Waals surface area (Å²) in [6.45, 7) is 9.50. The Bertz CT molecular complexity index is 569. The zero-order valence-electron chi connectivity index (χ0n) is 13.7. The van der Waals surface area contributed by atoms with Gasteiger partial charge in [0.05, 0.1) is 17.4 Å². The number of primary amides is 1. The monoisotopic (exact) mass is 309 g/mol. The van der Waals surface area contributed by atoms with Crippen molar-refractivity contribution in [3.63, 3.8) is 0 Å². The molecule has 0 radical (unpaired) electrons. The van der Waals surface area contributed by atoms with Gasteiger partial charge in [-0.1, -0.05) is 5.16 Å². The fourth-order valence-electron chi connectivity index (χ4n) is 2.81. The fraction of sp³-hybridized carbons (Fsp3) is 0.667. The number of amides is 2. The Morgan fingerprint density at radius 1 is 1.36 bits per heavy atom. The topological polar surface area (TPSA) is 98.7 Å². The minimum absolute atomic E-state index is 0.220. The van der Waals surface area contributed by atoms with Crippen LogP contribution in [0.3, 0.4) is 0 Å². The van der Waals surface area contributed by atoms with Gasteiger partial charge in [0.2, 0.25) is 5.91 Å². The van der Waals surface area contributed by atoms with Gasteiger partial charge in [0.15, 0.2) is 0 Å². The van der Waals surface area contributed by atoms with Crippen LogP contribution in [0.4, 0.5) is 0 Å². The number of nitrogens with two attached hydrogens (primary N) is 1. The van der Waals surface area contributed by atoms with Gasteiger partial charge in [-0.15, -0.1) is 0 Å². The lowest BCUT2D eigenvalue weighted by molar-refractivity contribution is -0.121. The Hall–Kier alpha value is -1.89. The molecular weight excluding hydrogens is 286 g/mol. The summed E-state index contributed by atoms with van der Waals surface area (Å²) < 4.78 is 10.9. The predicted molar refractivity (Wildman–Crippen MR) is 79.2 cm³/mol. The number of aromatic nitrogens is 1. The number of nitrogens with zero attached hydrogens (tertiary/aromatic N) is 2. The molecule has 0 spiro atoms. The summed E-state index contributed by atoms with van der Waals surface area (Å²) in [6, 6.07) is -0.673. The van der Waals surface area contributed by atoms with Crippen molar-refractivity contribution >= 4 is 11.8 Å². The number of ether oxygens (including phenoxy) is 1. The highest BCUT2D eigenvalue weighted by Crippen LogP contribution is 2.27. The fourth-order valence-corrected chi connectivity index (χ4v) is 2.81. The standard InChI is InChI=1S/C15H23N3O4/c1-8-12(9(2)22-17-8)14(20)18-7-10(21-15(3,4)5)6-11(18)13(16)19/h10-11H,6-7H2,1-5H3,(H2,16,19). The number of rotatable bonds is 3. The molecular formula is C15H23N3O4. The summed E-state index contributed by atoms with van der Waals surface area (Å²) in [5, 5.41) is 3.79. The SMILES string of the molecule is Cc1noc(C)c1C(=O)N1CC(OC(C)(C)C)CC1C(N)=O. The Morgan fingerprint density at radius 3 is 2.45 bits per heavy atom. The van der Waals surface area contributed by atoms with Crippen molar-refractivity contribution in [2.75, 3.05) is 6.54 Å². The summed E-state index contributed by atoms with van der Waals surface area (Å²) in [4.78, 5) is 25.9. The molecule has 0 aromatic carbocycles. The Balaban J connectivity index is 2.24. The third-order valence-corrected chi connectivity index (χ3v) is 3.62. The molecule has 0 aliphatic carbocycles. The summed E-state index contributed by atoms with van der Waals surface area (Å²) in [5.74, 6) is -0.383. The van der Waals surface area contributed by atoms with Crippen LogP contribution in [-0.4, -0.2) is 46.2 Å².